The van der Waals surface area contributed by atoms with Crippen molar-refractivity contribution in [3.63, 3.8) is 0 Å². The third kappa shape index (κ3) is 17.2. The van der Waals surface area contributed by atoms with Gasteiger partial charge < -0.3 is 63.8 Å². The number of cyclic esters (lactones) is 1. The van der Waals surface area contributed by atoms with Crippen molar-refractivity contribution in [2.75, 3.05) is 33.9 Å². The lowest BCUT2D eigenvalue weighted by atomic mass is 9.77. The lowest BCUT2D eigenvalue weighted by Crippen LogP contribution is -2.60. The molecule has 6 fully saturated rings. The number of carbonyl (C=O) groups is 2. The number of nitrogens with zero attached hydrogens (tertiary/aromatic N) is 2. The van der Waals surface area contributed by atoms with Crippen molar-refractivity contribution < 1.29 is 63.5 Å². The van der Waals surface area contributed by atoms with Crippen LogP contribution in [-0.4, -0.2) is 188 Å². The van der Waals surface area contributed by atoms with E-state index in [1.807, 2.05) is 39.8 Å². The van der Waals surface area contributed by atoms with E-state index in [1.54, 1.807) is 91.1 Å². The predicted molar refractivity (Wildman–Crippen MR) is 323 cm³/mol. The molecule has 6 aliphatic rings. The van der Waals surface area contributed by atoms with Crippen molar-refractivity contribution in [1.82, 2.24) is 9.80 Å². The molecule has 0 unspecified atom stereocenters. The van der Waals surface area contributed by atoms with Crippen LogP contribution in [0.1, 0.15) is 243 Å². The van der Waals surface area contributed by atoms with E-state index >= 15 is 0 Å². The summed E-state index contributed by atoms with van der Waals surface area (Å²) in [6.07, 6.45) is 22.6. The molecule has 81 heavy (non-hydrogen) atoms. The Morgan fingerprint density at radius 2 is 1.25 bits per heavy atom. The molecule has 15 nitrogen and oxygen atoms in total. The number of aliphatic hydroxyl groups is 5. The summed E-state index contributed by atoms with van der Waals surface area (Å²) >= 11 is 0. The second kappa shape index (κ2) is 31.2. The summed E-state index contributed by atoms with van der Waals surface area (Å²) in [6, 6.07) is -1.21. The van der Waals surface area contributed by atoms with Gasteiger partial charge in [0, 0.05) is 45.7 Å². The molecule has 0 radical (unpaired) electrons. The summed E-state index contributed by atoms with van der Waals surface area (Å²) in [5.74, 6) is -3.16. The quantitative estimate of drug-likeness (QED) is 0.0368. The van der Waals surface area contributed by atoms with Crippen LogP contribution in [0.4, 0.5) is 0 Å². The smallest absolute Gasteiger partial charge is 0.311 e. The average molecular weight is 1170 g/mol. The van der Waals surface area contributed by atoms with Gasteiger partial charge in [-0.1, -0.05) is 65.7 Å². The van der Waals surface area contributed by atoms with Crippen molar-refractivity contribution in [2.45, 2.75) is 350 Å². The summed E-state index contributed by atoms with van der Waals surface area (Å²) in [6.45, 7) is 17.6. The van der Waals surface area contributed by atoms with Crippen LogP contribution in [0.5, 0.6) is 0 Å². The minimum atomic E-state index is -1.98. The Balaban J connectivity index is 1.12. The fraction of sp³-hybridized carbons (Fsp3) is 0.969. The molecule has 0 aromatic carbocycles. The Kier molecular flexibility index (Phi) is 26.6. The monoisotopic (exact) mass is 1170 g/mol. The van der Waals surface area contributed by atoms with Gasteiger partial charge >= 0.3 is 5.97 Å². The molecule has 18 atom stereocenters. The number of hydrogen-bond donors (Lipinski definition) is 5. The van der Waals surface area contributed by atoms with Gasteiger partial charge in [-0.2, -0.15) is 0 Å². The summed E-state index contributed by atoms with van der Waals surface area (Å²) in [5.41, 5.74) is -1.45. The molecule has 3 aliphatic heterocycles. The van der Waals surface area contributed by atoms with Gasteiger partial charge in [-0.05, 0) is 184 Å². The number of aliphatic hydroxyl groups excluding tert-OH is 3. The van der Waals surface area contributed by atoms with Crippen LogP contribution in [0.2, 0.25) is 0 Å². The molecule has 0 aromatic rings. The largest absolute Gasteiger partial charge is 0.459 e. The summed E-state index contributed by atoms with van der Waals surface area (Å²) < 4.78 is 38.3. The maximum absolute atomic E-state index is 14.7. The van der Waals surface area contributed by atoms with Crippen molar-refractivity contribution in [3.8, 4) is 0 Å². The topological polar surface area (TPSA) is 197 Å². The minimum Gasteiger partial charge on any atom is -0.459 e. The zero-order valence-electron chi connectivity index (χ0n) is 53.2. The summed E-state index contributed by atoms with van der Waals surface area (Å²) in [7, 11) is 4.38. The first-order valence-electron chi connectivity index (χ1n) is 33.0. The maximum Gasteiger partial charge on any atom is 0.311 e. The van der Waals surface area contributed by atoms with E-state index in [0.29, 0.717) is 12.8 Å². The molecule has 472 valence electrons. The number of hydrogen-bond acceptors (Lipinski definition) is 14. The second-order valence-corrected chi connectivity index (χ2v) is 32.7. The zero-order valence-corrected chi connectivity index (χ0v) is 54.1. The Bertz CT molecular complexity index is 1840. The predicted octanol–water partition coefficient (Wildman–Crippen LogP) is 10.9. The Hall–Kier alpha value is -1.07. The molecular formula is C65H120N2O13P+. The van der Waals surface area contributed by atoms with E-state index in [0.717, 1.165) is 36.2 Å². The number of ether oxygens (including phenoxy) is 6. The average Bonchev–Trinajstić information content (AvgIpc) is 4.49. The van der Waals surface area contributed by atoms with Gasteiger partial charge in [0.25, 0.3) is 0 Å². The van der Waals surface area contributed by atoms with E-state index in [9.17, 15) is 35.1 Å². The van der Waals surface area contributed by atoms with Crippen molar-refractivity contribution >= 4 is 19.1 Å². The Morgan fingerprint density at radius 3 is 1.75 bits per heavy atom. The third-order valence-electron chi connectivity index (χ3n) is 21.4. The third-order valence-corrected chi connectivity index (χ3v) is 28.2. The van der Waals surface area contributed by atoms with Crippen molar-refractivity contribution in [3.05, 3.63) is 0 Å². The Morgan fingerprint density at radius 1 is 0.728 bits per heavy atom. The second-order valence-electron chi connectivity index (χ2n) is 28.1. The SMILES string of the molecule is CC[C@H]1OC(=O)[C@H](C)[C@@H](O[C@H]2C[C@@](C)(OC)[C@@H](O)[C@H](C)O2)[C@H](C)[C@@H](O[C@@H]2O[C@H](C)C[C@H](N(C)C)[C@H]2O)[C@](C)(O)C[C@@H](C)CN(C(=O)CCCCCCCCCCCC[P+](C2CCCC2)(C2CCCC2)C2CCCC2)[C@H](C)[C@@H](O)[C@]1(C)O. The molecule has 3 saturated heterocycles. The van der Waals surface area contributed by atoms with Crippen LogP contribution >= 0.6 is 7.26 Å². The first-order chi connectivity index (χ1) is 38.3. The molecule has 3 heterocycles. The van der Waals surface area contributed by atoms with Crippen LogP contribution < -0.4 is 0 Å². The van der Waals surface area contributed by atoms with Gasteiger partial charge in [-0.15, -0.1) is 0 Å². The van der Waals surface area contributed by atoms with Crippen molar-refractivity contribution in [1.29, 1.82) is 0 Å². The number of carbonyl (C=O) groups excluding carboxylic acids is 2. The van der Waals surface area contributed by atoms with Crippen LogP contribution in [0.15, 0.2) is 0 Å². The molecule has 0 aromatic heterocycles. The maximum atomic E-state index is 14.7. The number of esters is 1. The van der Waals surface area contributed by atoms with Gasteiger partial charge in [-0.3, -0.25) is 9.59 Å². The number of rotatable bonds is 23. The Labute approximate surface area is 492 Å². The number of likely N-dealkylation sites (N-methyl/N-ethyl adjacent to an activating group) is 1. The van der Waals surface area contributed by atoms with Crippen LogP contribution in [0, 0.1) is 17.8 Å². The summed E-state index contributed by atoms with van der Waals surface area (Å²) in [4.78, 5) is 32.9. The number of amides is 1. The molecule has 0 spiro atoms. The molecular weight excluding hydrogens is 1050 g/mol. The highest BCUT2D eigenvalue weighted by molar-refractivity contribution is 7.77. The normalized spacial score (nSPS) is 39.8. The lowest BCUT2D eigenvalue weighted by molar-refractivity contribution is -0.318. The van der Waals surface area contributed by atoms with E-state index in [1.165, 1.54) is 91.1 Å². The zero-order chi connectivity index (χ0) is 59.5. The van der Waals surface area contributed by atoms with Crippen molar-refractivity contribution in [2.24, 2.45) is 17.8 Å². The van der Waals surface area contributed by atoms with Gasteiger partial charge in [0.1, 0.15) is 30.0 Å². The first kappa shape index (κ1) is 69.0. The number of unbranched alkanes of at least 4 members (excludes halogenated alkanes) is 9. The summed E-state index contributed by atoms with van der Waals surface area (Å²) in [5, 5.41) is 60.5. The molecule has 6 rings (SSSR count). The highest BCUT2D eigenvalue weighted by Crippen LogP contribution is 2.78. The van der Waals surface area contributed by atoms with E-state index in [4.69, 9.17) is 28.4 Å². The molecule has 16 heteroatoms. The number of methoxy groups -OCH3 is 1. The van der Waals surface area contributed by atoms with Gasteiger partial charge in [0.05, 0.1) is 70.7 Å². The van der Waals surface area contributed by atoms with Crippen LogP contribution in [0.25, 0.3) is 0 Å². The molecule has 1 amide bonds. The van der Waals surface area contributed by atoms with Gasteiger partial charge in [0.2, 0.25) is 5.91 Å². The van der Waals surface area contributed by atoms with Gasteiger partial charge in [-0.25, -0.2) is 0 Å². The van der Waals surface area contributed by atoms with E-state index in [2.05, 4.69) is 0 Å². The minimum absolute atomic E-state index is 0.0953. The van der Waals surface area contributed by atoms with E-state index in [-0.39, 0.29) is 56.2 Å². The standard InChI is InChI=1S/C65H120N2O13P/c1-14-53-65(10,74)58(70)47(6)67(54(68)37-23-21-19-17-15-16-18-20-22-30-38-81(49-31-24-25-32-49,50-33-26-27-34-50)51-35-28-29-36-51)42-43(2)40-63(8,73)60(80-62-56(69)52(66(11)12)39-44(3)76-62)45(4)57(46(5)61(72)78-53)79-55-41-64(9,75-13)59(71)48(7)77-55/h43-53,55-60,62,69-71,73-74H,14-42H2,1-13H3/q+1/t43-,44-,45+,46-,47-,48+,52+,53-,55+,56-,57+,58-,59+,60-,62+,63-,64-,65-/m1/s1. The van der Waals surface area contributed by atoms with Gasteiger partial charge in [0.15, 0.2) is 12.6 Å². The first-order valence-corrected chi connectivity index (χ1v) is 35.2. The molecule has 3 saturated carbocycles. The molecule has 3 aliphatic carbocycles. The molecule has 0 bridgehead atoms. The fourth-order valence-electron chi connectivity index (χ4n) is 16.7. The van der Waals surface area contributed by atoms with E-state index < -0.39 is 103 Å². The molecule has 5 N–H and O–H groups in total. The highest BCUT2D eigenvalue weighted by Gasteiger charge is 2.58. The fourth-order valence-corrected chi connectivity index (χ4v) is 24.3. The lowest BCUT2D eigenvalue weighted by Gasteiger charge is -2.48. The highest BCUT2D eigenvalue weighted by atomic mass is 31.2. The van der Waals surface area contributed by atoms with Crippen LogP contribution in [0.3, 0.4) is 0 Å². The van der Waals surface area contributed by atoms with Crippen LogP contribution in [-0.2, 0) is 38.0 Å².